The predicted molar refractivity (Wildman–Crippen MR) is 79.2 cm³/mol. The first kappa shape index (κ1) is 12.6. The quantitative estimate of drug-likeness (QED) is 0.890. The highest BCUT2D eigenvalue weighted by atomic mass is 16.1. The van der Waals surface area contributed by atoms with Crippen LogP contribution in [0.2, 0.25) is 0 Å². The largest absolute Gasteiger partial charge is 0.369 e. The summed E-state index contributed by atoms with van der Waals surface area (Å²) in [6.45, 7) is 0.132. The monoisotopic (exact) mass is 265 g/mol. The van der Waals surface area contributed by atoms with Gasteiger partial charge in [0.15, 0.2) is 0 Å². The molecule has 3 rings (SSSR count). The number of fused-ring (bicyclic) bond motifs is 2. The van der Waals surface area contributed by atoms with E-state index in [1.807, 2.05) is 54.7 Å². The molecule has 0 aliphatic carbocycles. The van der Waals surface area contributed by atoms with Gasteiger partial charge in [-0.25, -0.2) is 0 Å². The minimum atomic E-state index is -0.370. The normalized spacial score (nSPS) is 16.1. The number of nitrogens with two attached hydrogens (primary N) is 1. The average molecular weight is 265 g/mol. The third-order valence-electron chi connectivity index (χ3n) is 3.38. The van der Waals surface area contributed by atoms with E-state index in [0.717, 1.165) is 22.4 Å². The van der Waals surface area contributed by atoms with Crippen LogP contribution in [0.5, 0.6) is 0 Å². The smallest absolute Gasteiger partial charge is 0.231 e. The van der Waals surface area contributed by atoms with Gasteiger partial charge in [-0.1, -0.05) is 42.5 Å². The Hall–Kier alpha value is -2.46. The Labute approximate surface area is 117 Å². The molecule has 2 aromatic rings. The lowest BCUT2D eigenvalue weighted by atomic mass is 9.95. The van der Waals surface area contributed by atoms with Crippen molar-refractivity contribution in [3.8, 4) is 0 Å². The number of aliphatic imine (C=N–C) groups is 1. The highest BCUT2D eigenvalue weighted by Gasteiger charge is 2.21. The van der Waals surface area contributed by atoms with Crippen molar-refractivity contribution in [1.82, 2.24) is 5.32 Å². The van der Waals surface area contributed by atoms with E-state index in [-0.39, 0.29) is 18.5 Å². The third kappa shape index (κ3) is 2.33. The van der Waals surface area contributed by atoms with Crippen LogP contribution in [0.1, 0.15) is 22.7 Å². The molecule has 1 heterocycles. The van der Waals surface area contributed by atoms with Gasteiger partial charge in [-0.2, -0.15) is 0 Å². The molecule has 0 aromatic heterocycles. The lowest BCUT2D eigenvalue weighted by molar-refractivity contribution is -0.117. The lowest BCUT2D eigenvalue weighted by Crippen LogP contribution is -2.32. The van der Waals surface area contributed by atoms with E-state index in [9.17, 15) is 4.79 Å². The van der Waals surface area contributed by atoms with Crippen LogP contribution < -0.4 is 11.1 Å². The summed E-state index contributed by atoms with van der Waals surface area (Å²) in [7, 11) is 0. The van der Waals surface area contributed by atoms with Crippen molar-refractivity contribution >= 4 is 17.8 Å². The van der Waals surface area contributed by atoms with E-state index in [1.165, 1.54) is 0 Å². The number of carbonyl (C=O) groups excluding carboxylic acids is 1. The first-order valence-electron chi connectivity index (χ1n) is 6.49. The molecule has 2 aromatic carbocycles. The van der Waals surface area contributed by atoms with Gasteiger partial charge in [-0.15, -0.1) is 0 Å². The van der Waals surface area contributed by atoms with Gasteiger partial charge in [-0.05, 0) is 22.8 Å². The van der Waals surface area contributed by atoms with E-state index < -0.39 is 0 Å². The molecule has 0 radical (unpaired) electrons. The van der Waals surface area contributed by atoms with Crippen molar-refractivity contribution in [2.24, 2.45) is 10.7 Å². The topological polar surface area (TPSA) is 67.5 Å². The van der Waals surface area contributed by atoms with Crippen LogP contribution >= 0.6 is 0 Å². The number of para-hydroxylation sites is 1. The molecule has 1 unspecified atom stereocenters. The Morgan fingerprint density at radius 3 is 2.60 bits per heavy atom. The zero-order valence-corrected chi connectivity index (χ0v) is 10.9. The van der Waals surface area contributed by atoms with Gasteiger partial charge in [0, 0.05) is 6.21 Å². The van der Waals surface area contributed by atoms with Gasteiger partial charge in [-0.3, -0.25) is 15.1 Å². The maximum atomic E-state index is 11.1. The Morgan fingerprint density at radius 2 is 1.80 bits per heavy atom. The summed E-state index contributed by atoms with van der Waals surface area (Å²) >= 11 is 0. The second-order valence-electron chi connectivity index (χ2n) is 4.73. The first-order valence-corrected chi connectivity index (χ1v) is 6.49. The fraction of sp³-hybridized carbons (Fsp3) is 0.125. The van der Waals surface area contributed by atoms with Crippen molar-refractivity contribution < 1.29 is 4.79 Å². The lowest BCUT2D eigenvalue weighted by Gasteiger charge is -2.20. The fourth-order valence-corrected chi connectivity index (χ4v) is 2.47. The zero-order valence-electron chi connectivity index (χ0n) is 10.9. The van der Waals surface area contributed by atoms with Crippen LogP contribution in [-0.2, 0) is 4.79 Å². The number of carbonyl (C=O) groups is 1. The molecular formula is C16H15N3O. The van der Waals surface area contributed by atoms with Crippen molar-refractivity contribution in [3.05, 3.63) is 65.2 Å². The highest BCUT2D eigenvalue weighted by molar-refractivity contribution is 5.86. The molecule has 0 fully saturated rings. The molecule has 0 saturated carbocycles. The maximum absolute atomic E-state index is 11.1. The summed E-state index contributed by atoms with van der Waals surface area (Å²) in [6, 6.07) is 15.9. The molecule has 1 atom stereocenters. The number of rotatable bonds is 3. The van der Waals surface area contributed by atoms with E-state index in [1.54, 1.807) is 0 Å². The van der Waals surface area contributed by atoms with Gasteiger partial charge in [0.05, 0.1) is 18.3 Å². The van der Waals surface area contributed by atoms with E-state index in [2.05, 4.69) is 10.3 Å². The Balaban J connectivity index is 2.10. The van der Waals surface area contributed by atoms with Crippen LogP contribution in [0.4, 0.5) is 5.69 Å². The summed E-state index contributed by atoms with van der Waals surface area (Å²) in [5, 5.41) is 3.22. The zero-order chi connectivity index (χ0) is 13.9. The van der Waals surface area contributed by atoms with Gasteiger partial charge in [0.1, 0.15) is 0 Å². The van der Waals surface area contributed by atoms with E-state index in [0.29, 0.717) is 0 Å². The van der Waals surface area contributed by atoms with Crippen molar-refractivity contribution in [2.75, 3.05) is 6.54 Å². The average Bonchev–Trinajstić information content (AvgIpc) is 2.62. The van der Waals surface area contributed by atoms with Crippen LogP contribution in [0, 0.1) is 0 Å². The Kier molecular flexibility index (Phi) is 3.31. The molecule has 0 bridgehead atoms. The number of nitrogens with zero attached hydrogens (tertiary/aromatic N) is 1. The van der Waals surface area contributed by atoms with Crippen molar-refractivity contribution in [2.45, 2.75) is 6.04 Å². The minimum Gasteiger partial charge on any atom is -0.369 e. The van der Waals surface area contributed by atoms with E-state index >= 15 is 0 Å². The van der Waals surface area contributed by atoms with Crippen LogP contribution in [-0.4, -0.2) is 18.7 Å². The molecule has 4 nitrogen and oxygen atoms in total. The number of benzene rings is 2. The van der Waals surface area contributed by atoms with Crippen LogP contribution in [0.25, 0.3) is 0 Å². The summed E-state index contributed by atoms with van der Waals surface area (Å²) in [4.78, 5) is 15.6. The van der Waals surface area contributed by atoms with Crippen LogP contribution in [0.3, 0.4) is 0 Å². The number of nitrogens with one attached hydrogen (secondary N) is 1. The summed E-state index contributed by atoms with van der Waals surface area (Å²) in [5.74, 6) is -0.370. The van der Waals surface area contributed by atoms with Crippen LogP contribution in [0.15, 0.2) is 53.5 Å². The molecule has 4 heteroatoms. The van der Waals surface area contributed by atoms with E-state index in [4.69, 9.17) is 5.73 Å². The summed E-state index contributed by atoms with van der Waals surface area (Å²) in [6.07, 6.45) is 1.86. The number of primary amides is 1. The Bertz CT molecular complexity index is 629. The fourth-order valence-electron chi connectivity index (χ4n) is 2.47. The molecule has 0 saturated heterocycles. The molecule has 1 aliphatic rings. The second-order valence-corrected chi connectivity index (χ2v) is 4.73. The summed E-state index contributed by atoms with van der Waals surface area (Å²) in [5.41, 5.74) is 9.36. The number of hydrogen-bond acceptors (Lipinski definition) is 3. The standard InChI is InChI=1S/C16H15N3O/c17-15(20)10-19-16-12-6-2-1-5-11(12)9-18-14-8-4-3-7-13(14)16/h1-9,16,19H,10H2,(H2,17,20). The van der Waals surface area contributed by atoms with Crippen molar-refractivity contribution in [1.29, 1.82) is 0 Å². The second kappa shape index (κ2) is 5.27. The third-order valence-corrected chi connectivity index (χ3v) is 3.38. The molecule has 100 valence electrons. The molecule has 1 amide bonds. The molecule has 3 N–H and O–H groups in total. The SMILES string of the molecule is NC(=O)CNC1c2ccccc2C=Nc2ccccc21. The summed E-state index contributed by atoms with van der Waals surface area (Å²) < 4.78 is 0. The molecular weight excluding hydrogens is 250 g/mol. The minimum absolute atomic E-state index is 0.0857. The van der Waals surface area contributed by atoms with Crippen molar-refractivity contribution in [3.63, 3.8) is 0 Å². The number of hydrogen-bond donors (Lipinski definition) is 2. The molecule has 1 aliphatic heterocycles. The predicted octanol–water partition coefficient (Wildman–Crippen LogP) is 1.91. The van der Waals surface area contributed by atoms with Gasteiger partial charge < -0.3 is 5.73 Å². The number of amides is 1. The maximum Gasteiger partial charge on any atom is 0.231 e. The highest BCUT2D eigenvalue weighted by Crippen LogP contribution is 2.33. The molecule has 0 spiro atoms. The molecule has 20 heavy (non-hydrogen) atoms. The van der Waals surface area contributed by atoms with Gasteiger partial charge >= 0.3 is 0 Å². The van der Waals surface area contributed by atoms with Gasteiger partial charge in [0.25, 0.3) is 0 Å². The first-order chi connectivity index (χ1) is 9.75. The van der Waals surface area contributed by atoms with Gasteiger partial charge in [0.2, 0.25) is 5.91 Å². The Morgan fingerprint density at radius 1 is 1.10 bits per heavy atom.